The van der Waals surface area contributed by atoms with Crippen LogP contribution in [0.4, 0.5) is 5.69 Å². The second kappa shape index (κ2) is 5.93. The van der Waals surface area contributed by atoms with Crippen LogP contribution in [0.3, 0.4) is 0 Å². The Bertz CT molecular complexity index is 911. The number of pyridine rings is 1. The van der Waals surface area contributed by atoms with E-state index in [0.29, 0.717) is 0 Å². The van der Waals surface area contributed by atoms with Gasteiger partial charge in [-0.25, -0.2) is 4.99 Å². The SMILES string of the molecule is Cc1ccc(-c2ncccc2-c2ccc3c(c2)CN(C)C=N3)cc1. The number of aryl methyl sites for hydroxylation is 1. The van der Waals surface area contributed by atoms with E-state index in [0.717, 1.165) is 29.1 Å². The first-order valence-corrected chi connectivity index (χ1v) is 8.10. The molecule has 0 spiro atoms. The lowest BCUT2D eigenvalue weighted by molar-refractivity contribution is 0.509. The van der Waals surface area contributed by atoms with Crippen LogP contribution in [0.1, 0.15) is 11.1 Å². The third-order valence-corrected chi connectivity index (χ3v) is 4.34. The maximum atomic E-state index is 4.64. The number of rotatable bonds is 2. The lowest BCUT2D eigenvalue weighted by Crippen LogP contribution is -2.18. The summed E-state index contributed by atoms with van der Waals surface area (Å²) in [5.41, 5.74) is 8.05. The lowest BCUT2D eigenvalue weighted by atomic mass is 9.96. The van der Waals surface area contributed by atoms with Crippen LogP contribution < -0.4 is 0 Å². The van der Waals surface area contributed by atoms with Gasteiger partial charge in [-0.05, 0) is 36.2 Å². The second-order valence-electron chi connectivity index (χ2n) is 6.27. The molecule has 2 aromatic carbocycles. The quantitative estimate of drug-likeness (QED) is 0.678. The Morgan fingerprint density at radius 2 is 1.75 bits per heavy atom. The molecule has 24 heavy (non-hydrogen) atoms. The molecule has 4 rings (SSSR count). The fourth-order valence-corrected chi connectivity index (χ4v) is 3.06. The first kappa shape index (κ1) is 14.6. The van der Waals surface area contributed by atoms with Crippen LogP contribution in [0.15, 0.2) is 65.8 Å². The molecule has 3 aromatic rings. The van der Waals surface area contributed by atoms with Crippen molar-refractivity contribution < 1.29 is 0 Å². The van der Waals surface area contributed by atoms with Crippen molar-refractivity contribution in [2.24, 2.45) is 4.99 Å². The summed E-state index contributed by atoms with van der Waals surface area (Å²) < 4.78 is 0. The molecule has 0 amide bonds. The molecule has 3 heteroatoms. The lowest BCUT2D eigenvalue weighted by Gasteiger charge is -2.20. The summed E-state index contributed by atoms with van der Waals surface area (Å²) in [4.78, 5) is 11.2. The van der Waals surface area contributed by atoms with Crippen molar-refractivity contribution in [2.45, 2.75) is 13.5 Å². The number of benzene rings is 2. The van der Waals surface area contributed by atoms with E-state index in [2.05, 4.69) is 70.3 Å². The monoisotopic (exact) mass is 313 g/mol. The van der Waals surface area contributed by atoms with Gasteiger partial charge in [0.25, 0.3) is 0 Å². The Kier molecular flexibility index (Phi) is 3.62. The van der Waals surface area contributed by atoms with E-state index in [-0.39, 0.29) is 0 Å². The fourth-order valence-electron chi connectivity index (χ4n) is 3.06. The third-order valence-electron chi connectivity index (χ3n) is 4.34. The van der Waals surface area contributed by atoms with Crippen LogP contribution in [0.25, 0.3) is 22.4 Å². The topological polar surface area (TPSA) is 28.5 Å². The average Bonchev–Trinajstić information content (AvgIpc) is 2.62. The van der Waals surface area contributed by atoms with E-state index in [1.165, 1.54) is 16.7 Å². The Balaban J connectivity index is 1.82. The molecule has 1 aliphatic heterocycles. The summed E-state index contributed by atoms with van der Waals surface area (Å²) in [5.74, 6) is 0. The van der Waals surface area contributed by atoms with Crippen molar-refractivity contribution in [1.82, 2.24) is 9.88 Å². The van der Waals surface area contributed by atoms with Crippen LogP contribution in [-0.4, -0.2) is 23.3 Å². The highest BCUT2D eigenvalue weighted by molar-refractivity contribution is 5.82. The van der Waals surface area contributed by atoms with Gasteiger partial charge in [-0.1, -0.05) is 42.0 Å². The van der Waals surface area contributed by atoms with Crippen molar-refractivity contribution >= 4 is 12.0 Å². The number of aliphatic imine (C=N–C) groups is 1. The van der Waals surface area contributed by atoms with Crippen LogP contribution in [0.5, 0.6) is 0 Å². The molecule has 0 unspecified atom stereocenters. The van der Waals surface area contributed by atoms with Gasteiger partial charge in [0, 0.05) is 30.9 Å². The summed E-state index contributed by atoms with van der Waals surface area (Å²) in [6.07, 6.45) is 3.74. The molecule has 2 heterocycles. The third kappa shape index (κ3) is 2.69. The van der Waals surface area contributed by atoms with Crippen molar-refractivity contribution in [2.75, 3.05) is 7.05 Å². The van der Waals surface area contributed by atoms with Crippen LogP contribution in [-0.2, 0) is 6.54 Å². The first-order valence-electron chi connectivity index (χ1n) is 8.10. The molecule has 0 saturated heterocycles. The zero-order chi connectivity index (χ0) is 16.5. The predicted octanol–water partition coefficient (Wildman–Crippen LogP) is 4.83. The minimum atomic E-state index is 0.882. The molecule has 0 radical (unpaired) electrons. The summed E-state index contributed by atoms with van der Waals surface area (Å²) in [6.45, 7) is 2.98. The highest BCUT2D eigenvalue weighted by Crippen LogP contribution is 2.34. The van der Waals surface area contributed by atoms with Gasteiger partial charge in [-0.15, -0.1) is 0 Å². The summed E-state index contributed by atoms with van der Waals surface area (Å²) in [6, 6.07) is 19.1. The molecule has 0 fully saturated rings. The zero-order valence-electron chi connectivity index (χ0n) is 13.9. The van der Waals surface area contributed by atoms with Gasteiger partial charge in [0.05, 0.1) is 17.7 Å². The van der Waals surface area contributed by atoms with Crippen LogP contribution >= 0.6 is 0 Å². The van der Waals surface area contributed by atoms with Crippen LogP contribution in [0.2, 0.25) is 0 Å². The standard InChI is InChI=1S/C21H19N3/c1-15-5-7-16(8-6-15)21-19(4-3-11-22-21)17-9-10-20-18(12-17)13-24(2)14-23-20/h3-12,14H,13H2,1-2H3. The Hall–Kier alpha value is -2.94. The second-order valence-corrected chi connectivity index (χ2v) is 6.27. The van der Waals surface area contributed by atoms with Crippen LogP contribution in [0, 0.1) is 6.92 Å². The number of hydrogen-bond acceptors (Lipinski definition) is 3. The highest BCUT2D eigenvalue weighted by atomic mass is 15.1. The van der Waals surface area contributed by atoms with Crippen molar-refractivity contribution in [3.63, 3.8) is 0 Å². The Morgan fingerprint density at radius 1 is 0.958 bits per heavy atom. The molecular formula is C21H19N3. The predicted molar refractivity (Wildman–Crippen MR) is 99.5 cm³/mol. The maximum absolute atomic E-state index is 4.64. The maximum Gasteiger partial charge on any atom is 0.0912 e. The molecule has 118 valence electrons. The molecule has 0 aliphatic carbocycles. The van der Waals surface area contributed by atoms with Gasteiger partial charge >= 0.3 is 0 Å². The van der Waals surface area contributed by atoms with E-state index >= 15 is 0 Å². The molecule has 0 atom stereocenters. The summed E-state index contributed by atoms with van der Waals surface area (Å²) >= 11 is 0. The van der Waals surface area contributed by atoms with E-state index in [1.807, 2.05) is 25.6 Å². The number of nitrogens with zero attached hydrogens (tertiary/aromatic N) is 3. The van der Waals surface area contributed by atoms with Crippen molar-refractivity contribution in [3.05, 3.63) is 71.9 Å². The molecular weight excluding hydrogens is 294 g/mol. The Labute approximate surface area is 142 Å². The van der Waals surface area contributed by atoms with Gasteiger partial charge in [0.15, 0.2) is 0 Å². The molecule has 0 N–H and O–H groups in total. The fraction of sp³-hybridized carbons (Fsp3) is 0.143. The number of hydrogen-bond donors (Lipinski definition) is 0. The molecule has 3 nitrogen and oxygen atoms in total. The van der Waals surface area contributed by atoms with E-state index < -0.39 is 0 Å². The highest BCUT2D eigenvalue weighted by Gasteiger charge is 2.13. The molecule has 0 bridgehead atoms. The summed E-state index contributed by atoms with van der Waals surface area (Å²) in [7, 11) is 2.04. The number of aromatic nitrogens is 1. The van der Waals surface area contributed by atoms with Gasteiger partial charge < -0.3 is 4.90 Å². The smallest absolute Gasteiger partial charge is 0.0912 e. The van der Waals surface area contributed by atoms with Gasteiger partial charge in [-0.2, -0.15) is 0 Å². The van der Waals surface area contributed by atoms with E-state index in [1.54, 1.807) is 0 Å². The minimum Gasteiger partial charge on any atom is -0.361 e. The van der Waals surface area contributed by atoms with E-state index in [4.69, 9.17) is 0 Å². The summed E-state index contributed by atoms with van der Waals surface area (Å²) in [5, 5.41) is 0. The largest absolute Gasteiger partial charge is 0.361 e. The molecule has 0 saturated carbocycles. The van der Waals surface area contributed by atoms with Gasteiger partial charge in [0.1, 0.15) is 0 Å². The van der Waals surface area contributed by atoms with Crippen molar-refractivity contribution in [1.29, 1.82) is 0 Å². The van der Waals surface area contributed by atoms with Gasteiger partial charge in [-0.3, -0.25) is 4.98 Å². The van der Waals surface area contributed by atoms with Gasteiger partial charge in [0.2, 0.25) is 0 Å². The molecule has 1 aliphatic rings. The van der Waals surface area contributed by atoms with Crippen molar-refractivity contribution in [3.8, 4) is 22.4 Å². The zero-order valence-corrected chi connectivity index (χ0v) is 13.9. The minimum absolute atomic E-state index is 0.882. The first-order chi connectivity index (χ1) is 11.7. The normalized spacial score (nSPS) is 13.0. The Morgan fingerprint density at radius 3 is 2.58 bits per heavy atom. The van der Waals surface area contributed by atoms with E-state index in [9.17, 15) is 0 Å². The molecule has 1 aromatic heterocycles. The number of fused-ring (bicyclic) bond motifs is 1. The average molecular weight is 313 g/mol.